The maximum Gasteiger partial charge on any atom is 0.303 e. The van der Waals surface area contributed by atoms with E-state index in [1.54, 1.807) is 0 Å². The lowest BCUT2D eigenvalue weighted by Crippen LogP contribution is -2.36. The number of hydrogen-bond acceptors (Lipinski definition) is 4. The SMILES string of the molecule is CC1(C2CCSC2)OCC(CCC(=O)O)O1. The summed E-state index contributed by atoms with van der Waals surface area (Å²) in [5.41, 5.74) is 0. The van der Waals surface area contributed by atoms with Crippen molar-refractivity contribution < 1.29 is 19.4 Å². The number of hydrogen-bond donors (Lipinski definition) is 1. The number of carboxylic acid groups (broad SMARTS) is 1. The summed E-state index contributed by atoms with van der Waals surface area (Å²) in [7, 11) is 0. The molecule has 2 heterocycles. The van der Waals surface area contributed by atoms with Gasteiger partial charge >= 0.3 is 5.97 Å². The van der Waals surface area contributed by atoms with Crippen LogP contribution in [0.3, 0.4) is 0 Å². The Bertz CT molecular complexity index is 265. The van der Waals surface area contributed by atoms with Crippen LogP contribution in [-0.4, -0.2) is 41.1 Å². The van der Waals surface area contributed by atoms with E-state index in [0.717, 1.165) is 12.2 Å². The first kappa shape index (κ1) is 12.2. The van der Waals surface area contributed by atoms with Gasteiger partial charge in [0.15, 0.2) is 5.79 Å². The predicted molar refractivity (Wildman–Crippen MR) is 61.5 cm³/mol. The van der Waals surface area contributed by atoms with Gasteiger partial charge in [0.25, 0.3) is 0 Å². The number of aliphatic carboxylic acids is 1. The van der Waals surface area contributed by atoms with Crippen LogP contribution in [0.25, 0.3) is 0 Å². The van der Waals surface area contributed by atoms with Crippen LogP contribution in [-0.2, 0) is 14.3 Å². The van der Waals surface area contributed by atoms with Crippen LogP contribution in [0.1, 0.15) is 26.2 Å². The van der Waals surface area contributed by atoms with Crippen molar-refractivity contribution in [3.8, 4) is 0 Å². The molecule has 0 aromatic rings. The van der Waals surface area contributed by atoms with E-state index in [9.17, 15) is 4.79 Å². The first-order valence-corrected chi connectivity index (χ1v) is 6.87. The third-order valence-electron chi connectivity index (χ3n) is 3.31. The van der Waals surface area contributed by atoms with Gasteiger partial charge in [0.05, 0.1) is 12.7 Å². The van der Waals surface area contributed by atoms with Gasteiger partial charge in [0.2, 0.25) is 0 Å². The normalized spacial score (nSPS) is 39.1. The van der Waals surface area contributed by atoms with Crippen molar-refractivity contribution >= 4 is 17.7 Å². The molecule has 5 heteroatoms. The van der Waals surface area contributed by atoms with Crippen molar-refractivity contribution in [2.75, 3.05) is 18.1 Å². The van der Waals surface area contributed by atoms with E-state index < -0.39 is 11.8 Å². The first-order valence-electron chi connectivity index (χ1n) is 5.71. The van der Waals surface area contributed by atoms with E-state index in [4.69, 9.17) is 14.6 Å². The van der Waals surface area contributed by atoms with Crippen LogP contribution in [0.2, 0.25) is 0 Å². The lowest BCUT2D eigenvalue weighted by atomic mass is 10.00. The first-order chi connectivity index (χ1) is 7.60. The third kappa shape index (κ3) is 2.70. The molecule has 0 bridgehead atoms. The zero-order valence-corrected chi connectivity index (χ0v) is 10.3. The van der Waals surface area contributed by atoms with Crippen molar-refractivity contribution in [3.63, 3.8) is 0 Å². The molecule has 0 saturated carbocycles. The molecule has 0 amide bonds. The van der Waals surface area contributed by atoms with E-state index in [1.165, 1.54) is 5.75 Å². The Kier molecular flexibility index (Phi) is 3.77. The Labute approximate surface area is 99.7 Å². The molecule has 2 fully saturated rings. The molecule has 2 saturated heterocycles. The fourth-order valence-electron chi connectivity index (χ4n) is 2.25. The Morgan fingerprint density at radius 1 is 1.62 bits per heavy atom. The minimum Gasteiger partial charge on any atom is -0.481 e. The Balaban J connectivity index is 1.83. The summed E-state index contributed by atoms with van der Waals surface area (Å²) in [6, 6.07) is 0. The molecule has 0 radical (unpaired) electrons. The van der Waals surface area contributed by atoms with Crippen LogP contribution in [0.4, 0.5) is 0 Å². The van der Waals surface area contributed by atoms with Crippen LogP contribution < -0.4 is 0 Å². The fraction of sp³-hybridized carbons (Fsp3) is 0.909. The molecule has 0 aliphatic carbocycles. The van der Waals surface area contributed by atoms with Gasteiger partial charge in [0, 0.05) is 18.1 Å². The molecule has 2 aliphatic heterocycles. The zero-order valence-electron chi connectivity index (χ0n) is 9.48. The lowest BCUT2D eigenvalue weighted by molar-refractivity contribution is -0.186. The summed E-state index contributed by atoms with van der Waals surface area (Å²) in [6.45, 7) is 2.52. The summed E-state index contributed by atoms with van der Waals surface area (Å²) in [6.07, 6.45) is 1.79. The van der Waals surface area contributed by atoms with E-state index in [-0.39, 0.29) is 12.5 Å². The lowest BCUT2D eigenvalue weighted by Gasteiger charge is -2.29. The van der Waals surface area contributed by atoms with Crippen molar-refractivity contribution in [2.45, 2.75) is 38.1 Å². The molecule has 3 atom stereocenters. The van der Waals surface area contributed by atoms with E-state index in [1.807, 2.05) is 18.7 Å². The number of carbonyl (C=O) groups is 1. The molecule has 4 nitrogen and oxygen atoms in total. The Hall–Kier alpha value is -0.260. The molecule has 0 spiro atoms. The maximum atomic E-state index is 10.5. The predicted octanol–water partition coefficient (Wildman–Crippen LogP) is 1.74. The molecule has 3 unspecified atom stereocenters. The Morgan fingerprint density at radius 3 is 3.06 bits per heavy atom. The second-order valence-corrected chi connectivity index (χ2v) is 5.71. The van der Waals surface area contributed by atoms with Gasteiger partial charge in [-0.2, -0.15) is 11.8 Å². The van der Waals surface area contributed by atoms with Gasteiger partial charge in [-0.3, -0.25) is 4.79 Å². The second kappa shape index (κ2) is 4.94. The topological polar surface area (TPSA) is 55.8 Å². The molecule has 92 valence electrons. The van der Waals surface area contributed by atoms with Gasteiger partial charge in [-0.05, 0) is 25.5 Å². The van der Waals surface area contributed by atoms with Gasteiger partial charge in [0.1, 0.15) is 0 Å². The van der Waals surface area contributed by atoms with E-state index >= 15 is 0 Å². The summed E-state index contributed by atoms with van der Waals surface area (Å²) >= 11 is 1.93. The molecular weight excluding hydrogens is 228 g/mol. The number of carboxylic acids is 1. The summed E-state index contributed by atoms with van der Waals surface area (Å²) in [5.74, 6) is 1.46. The second-order valence-electron chi connectivity index (χ2n) is 4.56. The highest BCUT2D eigenvalue weighted by Gasteiger charge is 2.44. The number of rotatable bonds is 4. The van der Waals surface area contributed by atoms with Crippen molar-refractivity contribution in [2.24, 2.45) is 5.92 Å². The highest BCUT2D eigenvalue weighted by Crippen LogP contribution is 2.39. The highest BCUT2D eigenvalue weighted by molar-refractivity contribution is 7.99. The largest absolute Gasteiger partial charge is 0.481 e. The number of ether oxygens (including phenoxy) is 2. The maximum absolute atomic E-state index is 10.5. The van der Waals surface area contributed by atoms with Crippen molar-refractivity contribution in [3.05, 3.63) is 0 Å². The minimum atomic E-state index is -0.770. The van der Waals surface area contributed by atoms with Crippen molar-refractivity contribution in [1.29, 1.82) is 0 Å². The molecule has 2 aliphatic rings. The van der Waals surface area contributed by atoms with Gasteiger partial charge in [-0.25, -0.2) is 0 Å². The van der Waals surface area contributed by atoms with Crippen LogP contribution in [0.15, 0.2) is 0 Å². The summed E-state index contributed by atoms with van der Waals surface area (Å²) in [4.78, 5) is 10.5. The third-order valence-corrected chi connectivity index (χ3v) is 4.47. The van der Waals surface area contributed by atoms with E-state index in [0.29, 0.717) is 18.9 Å². The summed E-state index contributed by atoms with van der Waals surface area (Å²) in [5, 5.41) is 8.62. The van der Waals surface area contributed by atoms with Gasteiger partial charge in [-0.15, -0.1) is 0 Å². The quantitative estimate of drug-likeness (QED) is 0.818. The average Bonchev–Trinajstić information content (AvgIpc) is 2.84. The fourth-order valence-corrected chi connectivity index (χ4v) is 3.62. The smallest absolute Gasteiger partial charge is 0.303 e. The minimum absolute atomic E-state index is 0.0494. The zero-order chi connectivity index (χ0) is 11.6. The Morgan fingerprint density at radius 2 is 2.44 bits per heavy atom. The molecule has 16 heavy (non-hydrogen) atoms. The number of thioether (sulfide) groups is 1. The van der Waals surface area contributed by atoms with E-state index in [2.05, 4.69) is 0 Å². The van der Waals surface area contributed by atoms with Gasteiger partial charge in [-0.1, -0.05) is 0 Å². The standard InChI is InChI=1S/C11H18O4S/c1-11(8-4-5-16-7-8)14-6-9(15-11)2-3-10(12)13/h8-9H,2-7H2,1H3,(H,12,13). The van der Waals surface area contributed by atoms with Crippen molar-refractivity contribution in [1.82, 2.24) is 0 Å². The van der Waals surface area contributed by atoms with Crippen LogP contribution in [0.5, 0.6) is 0 Å². The highest BCUT2D eigenvalue weighted by atomic mass is 32.2. The van der Waals surface area contributed by atoms with Gasteiger partial charge < -0.3 is 14.6 Å². The van der Waals surface area contributed by atoms with Crippen LogP contribution in [0, 0.1) is 5.92 Å². The molecule has 2 rings (SSSR count). The molecular formula is C11H18O4S. The monoisotopic (exact) mass is 246 g/mol. The average molecular weight is 246 g/mol. The molecule has 0 aromatic carbocycles. The van der Waals surface area contributed by atoms with Crippen LogP contribution >= 0.6 is 11.8 Å². The molecule has 0 aromatic heterocycles. The summed E-state index contributed by atoms with van der Waals surface area (Å²) < 4.78 is 11.6. The molecule has 1 N–H and O–H groups in total.